The summed E-state index contributed by atoms with van der Waals surface area (Å²) in [6.45, 7) is 0.983. The van der Waals surface area contributed by atoms with Crippen LogP contribution < -0.4 is 4.74 Å². The van der Waals surface area contributed by atoms with E-state index in [2.05, 4.69) is 0 Å². The highest BCUT2D eigenvalue weighted by Gasteiger charge is 2.23. The van der Waals surface area contributed by atoms with Crippen LogP contribution in [0.5, 0.6) is 5.75 Å². The van der Waals surface area contributed by atoms with Gasteiger partial charge in [0.2, 0.25) is 0 Å². The topological polar surface area (TPSA) is 55.8 Å². The zero-order valence-electron chi connectivity index (χ0n) is 7.77. The number of hydrogen-bond donors (Lipinski definition) is 1. The number of benzene rings is 1. The number of carboxylic acids is 1. The van der Waals surface area contributed by atoms with Crippen LogP contribution in [0.4, 0.5) is 0 Å². The minimum atomic E-state index is -1.09. The van der Waals surface area contributed by atoms with Gasteiger partial charge >= 0.3 is 5.97 Å². The fourth-order valence-electron chi connectivity index (χ4n) is 1.27. The molecule has 1 fully saturated rings. The normalized spacial score (nSPS) is 15.8. The summed E-state index contributed by atoms with van der Waals surface area (Å²) in [5.74, 6) is -0.792. The van der Waals surface area contributed by atoms with Crippen molar-refractivity contribution in [1.29, 1.82) is 0 Å². The first kappa shape index (κ1) is 10.3. The van der Waals surface area contributed by atoms with Crippen LogP contribution in [0.3, 0.4) is 0 Å². The Labute approximate surface area is 91.4 Å². The number of hydrogen-bond acceptors (Lipinski definition) is 3. The summed E-state index contributed by atoms with van der Waals surface area (Å²) in [5, 5.41) is 9.14. The molecule has 0 aromatic heterocycles. The highest BCUT2D eigenvalue weighted by atomic mass is 35.5. The van der Waals surface area contributed by atoms with Gasteiger partial charge in [0.15, 0.2) is 0 Å². The molecule has 5 heteroatoms. The molecule has 1 aromatic rings. The summed E-state index contributed by atoms with van der Waals surface area (Å²) in [6.07, 6.45) is -0.0680. The summed E-state index contributed by atoms with van der Waals surface area (Å²) in [6, 6.07) is 4.77. The lowest BCUT2D eigenvalue weighted by atomic mass is 10.2. The molecule has 0 atom stereocenters. The van der Waals surface area contributed by atoms with Gasteiger partial charge in [0, 0.05) is 0 Å². The molecule has 0 spiro atoms. The highest BCUT2D eigenvalue weighted by molar-refractivity contribution is 6.33. The molecule has 15 heavy (non-hydrogen) atoms. The minimum Gasteiger partial charge on any atom is -0.485 e. The largest absolute Gasteiger partial charge is 0.485 e. The van der Waals surface area contributed by atoms with E-state index in [0.29, 0.717) is 19.0 Å². The molecular weight excluding hydrogens is 220 g/mol. The lowest BCUT2D eigenvalue weighted by Crippen LogP contribution is -2.38. The number of rotatable bonds is 3. The average Bonchev–Trinajstić information content (AvgIpc) is 2.10. The smallest absolute Gasteiger partial charge is 0.341 e. The first-order valence-electron chi connectivity index (χ1n) is 4.44. The van der Waals surface area contributed by atoms with Crippen LogP contribution in [0.1, 0.15) is 10.4 Å². The lowest BCUT2D eigenvalue weighted by Gasteiger charge is -2.27. The third-order valence-corrected chi connectivity index (χ3v) is 2.41. The van der Waals surface area contributed by atoms with Gasteiger partial charge in [0.1, 0.15) is 17.4 Å². The summed E-state index contributed by atoms with van der Waals surface area (Å²) in [4.78, 5) is 10.9. The van der Waals surface area contributed by atoms with Gasteiger partial charge in [0.25, 0.3) is 0 Å². The summed E-state index contributed by atoms with van der Waals surface area (Å²) in [5.41, 5.74) is 0.00562. The molecule has 1 aromatic carbocycles. The van der Waals surface area contributed by atoms with Crippen LogP contribution >= 0.6 is 11.6 Å². The Morgan fingerprint density at radius 3 is 2.80 bits per heavy atom. The molecule has 1 aliphatic rings. The SMILES string of the molecule is O=C(O)c1c(Cl)cccc1OC1COC1. The third-order valence-electron chi connectivity index (χ3n) is 2.09. The lowest BCUT2D eigenvalue weighted by molar-refractivity contribution is -0.0799. The van der Waals surface area contributed by atoms with E-state index in [1.165, 1.54) is 6.07 Å². The second-order valence-electron chi connectivity index (χ2n) is 3.20. The van der Waals surface area contributed by atoms with Crippen LogP contribution in [-0.4, -0.2) is 30.4 Å². The van der Waals surface area contributed by atoms with Crippen LogP contribution in [0.15, 0.2) is 18.2 Å². The van der Waals surface area contributed by atoms with E-state index in [1.54, 1.807) is 12.1 Å². The van der Waals surface area contributed by atoms with Crippen molar-refractivity contribution in [3.63, 3.8) is 0 Å². The monoisotopic (exact) mass is 228 g/mol. The second-order valence-corrected chi connectivity index (χ2v) is 3.60. The number of halogens is 1. The maximum Gasteiger partial charge on any atom is 0.341 e. The summed E-state index contributed by atoms with van der Waals surface area (Å²) in [7, 11) is 0. The summed E-state index contributed by atoms with van der Waals surface area (Å²) < 4.78 is 10.4. The Balaban J connectivity index is 2.27. The Kier molecular flexibility index (Phi) is 2.79. The van der Waals surface area contributed by atoms with Crippen LogP contribution in [0.2, 0.25) is 5.02 Å². The molecule has 0 amide bonds. The second kappa shape index (κ2) is 4.08. The van der Waals surface area contributed by atoms with E-state index in [4.69, 9.17) is 26.2 Å². The fraction of sp³-hybridized carbons (Fsp3) is 0.300. The Morgan fingerprint density at radius 1 is 1.53 bits per heavy atom. The van der Waals surface area contributed by atoms with Crippen molar-refractivity contribution in [2.45, 2.75) is 6.10 Å². The van der Waals surface area contributed by atoms with Crippen LogP contribution in [-0.2, 0) is 4.74 Å². The molecule has 1 N–H and O–H groups in total. The van der Waals surface area contributed by atoms with E-state index >= 15 is 0 Å². The Bertz CT molecular complexity index is 387. The molecule has 0 aliphatic carbocycles. The predicted molar refractivity (Wildman–Crippen MR) is 53.6 cm³/mol. The fourth-order valence-corrected chi connectivity index (χ4v) is 1.52. The first-order valence-corrected chi connectivity index (χ1v) is 4.82. The van der Waals surface area contributed by atoms with Gasteiger partial charge in [-0.05, 0) is 12.1 Å². The molecule has 2 rings (SSSR count). The quantitative estimate of drug-likeness (QED) is 0.857. The van der Waals surface area contributed by atoms with Crippen molar-refractivity contribution in [2.24, 2.45) is 0 Å². The van der Waals surface area contributed by atoms with Gasteiger partial charge in [-0.25, -0.2) is 4.79 Å². The van der Waals surface area contributed by atoms with Gasteiger partial charge in [-0.15, -0.1) is 0 Å². The maximum absolute atomic E-state index is 10.9. The third kappa shape index (κ3) is 2.06. The number of carboxylic acid groups (broad SMARTS) is 1. The molecule has 1 heterocycles. The van der Waals surface area contributed by atoms with Crippen molar-refractivity contribution in [2.75, 3.05) is 13.2 Å². The Hall–Kier alpha value is -1.26. The molecule has 80 valence electrons. The van der Waals surface area contributed by atoms with Crippen LogP contribution in [0.25, 0.3) is 0 Å². The highest BCUT2D eigenvalue weighted by Crippen LogP contribution is 2.28. The standard InChI is InChI=1S/C10H9ClO4/c11-7-2-1-3-8(9(7)10(12)13)15-6-4-14-5-6/h1-3,6H,4-5H2,(H,12,13). The van der Waals surface area contributed by atoms with E-state index < -0.39 is 5.97 Å². The van der Waals surface area contributed by atoms with Crippen molar-refractivity contribution >= 4 is 17.6 Å². The average molecular weight is 229 g/mol. The molecule has 0 saturated carbocycles. The van der Waals surface area contributed by atoms with Gasteiger partial charge in [0.05, 0.1) is 18.2 Å². The molecular formula is C10H9ClO4. The maximum atomic E-state index is 10.9. The number of ether oxygens (including phenoxy) is 2. The molecule has 1 aliphatic heterocycles. The van der Waals surface area contributed by atoms with Crippen molar-refractivity contribution in [1.82, 2.24) is 0 Å². The van der Waals surface area contributed by atoms with E-state index in [0.717, 1.165) is 0 Å². The molecule has 0 bridgehead atoms. The Morgan fingerprint density at radius 2 is 2.27 bits per heavy atom. The number of carbonyl (C=O) groups is 1. The summed E-state index contributed by atoms with van der Waals surface area (Å²) >= 11 is 5.78. The molecule has 0 unspecified atom stereocenters. The van der Waals surface area contributed by atoms with Crippen molar-refractivity contribution < 1.29 is 19.4 Å². The first-order chi connectivity index (χ1) is 7.18. The molecule has 4 nitrogen and oxygen atoms in total. The number of aromatic carboxylic acids is 1. The predicted octanol–water partition coefficient (Wildman–Crippen LogP) is 1.82. The van der Waals surface area contributed by atoms with Crippen LogP contribution in [0, 0.1) is 0 Å². The van der Waals surface area contributed by atoms with E-state index in [9.17, 15) is 4.79 Å². The molecule has 0 radical (unpaired) electrons. The van der Waals surface area contributed by atoms with Gasteiger partial charge in [-0.2, -0.15) is 0 Å². The van der Waals surface area contributed by atoms with Gasteiger partial charge in [-0.1, -0.05) is 17.7 Å². The molecule has 1 saturated heterocycles. The minimum absolute atomic E-state index is 0.00562. The van der Waals surface area contributed by atoms with Gasteiger partial charge in [-0.3, -0.25) is 0 Å². The zero-order chi connectivity index (χ0) is 10.8. The van der Waals surface area contributed by atoms with E-state index in [-0.39, 0.29) is 16.7 Å². The van der Waals surface area contributed by atoms with Gasteiger partial charge < -0.3 is 14.6 Å². The zero-order valence-corrected chi connectivity index (χ0v) is 8.53. The van der Waals surface area contributed by atoms with E-state index in [1.807, 2.05) is 0 Å². The van der Waals surface area contributed by atoms with Crippen molar-refractivity contribution in [3.05, 3.63) is 28.8 Å². The van der Waals surface area contributed by atoms with Crippen molar-refractivity contribution in [3.8, 4) is 5.75 Å².